The summed E-state index contributed by atoms with van der Waals surface area (Å²) in [5.41, 5.74) is 1.83. The Morgan fingerprint density at radius 1 is 1.35 bits per heavy atom. The third kappa shape index (κ3) is 5.36. The summed E-state index contributed by atoms with van der Waals surface area (Å²) in [6.45, 7) is 3.96. The Balaban J connectivity index is 1.93. The van der Waals surface area contributed by atoms with E-state index in [2.05, 4.69) is 5.32 Å². The van der Waals surface area contributed by atoms with Gasteiger partial charge in [0.15, 0.2) is 0 Å². The van der Waals surface area contributed by atoms with Gasteiger partial charge < -0.3 is 15.2 Å². The van der Waals surface area contributed by atoms with Gasteiger partial charge in [-0.25, -0.2) is 0 Å². The topological polar surface area (TPSA) is 75.6 Å². The average molecular weight is 319 g/mol. The Hall–Kier alpha value is -1.88. The quantitative estimate of drug-likeness (QED) is 0.810. The van der Waals surface area contributed by atoms with Crippen molar-refractivity contribution in [3.63, 3.8) is 0 Å². The molecule has 1 aromatic carbocycles. The molecular weight excluding hydrogens is 294 g/mol. The van der Waals surface area contributed by atoms with Crippen LogP contribution in [0.5, 0.6) is 0 Å². The second kappa shape index (κ2) is 8.11. The number of aliphatic carboxylic acids is 1. The first-order valence-corrected chi connectivity index (χ1v) is 8.18. The molecule has 3 atom stereocenters. The maximum absolute atomic E-state index is 12.2. The van der Waals surface area contributed by atoms with Gasteiger partial charge >= 0.3 is 5.97 Å². The Bertz CT molecular complexity index is 558. The molecule has 5 heteroatoms. The molecule has 0 spiro atoms. The van der Waals surface area contributed by atoms with Crippen LogP contribution in [0.15, 0.2) is 24.3 Å². The maximum atomic E-state index is 12.2. The van der Waals surface area contributed by atoms with Gasteiger partial charge in [-0.15, -0.1) is 0 Å². The number of carbonyl (C=O) groups excluding carboxylic acids is 1. The maximum Gasteiger partial charge on any atom is 0.305 e. The molecule has 2 N–H and O–H groups in total. The lowest BCUT2D eigenvalue weighted by atomic mass is 9.98. The number of rotatable bonds is 7. The minimum absolute atomic E-state index is 0.118. The number of aryl methyl sites for hydroxylation is 1. The molecule has 0 aliphatic carbocycles. The van der Waals surface area contributed by atoms with Crippen LogP contribution < -0.4 is 5.32 Å². The van der Waals surface area contributed by atoms with E-state index in [4.69, 9.17) is 9.84 Å². The predicted octanol–water partition coefficient (Wildman–Crippen LogP) is 2.97. The minimum atomic E-state index is -0.925. The standard InChI is InChI=1S/C18H25NO4/c1-12-5-3-4-6-15(12)16(11-18(21)22)19-17(20)10-9-14-8-7-13(2)23-14/h3-6,13-14,16H,7-11H2,1-2H3,(H,19,20)(H,21,22). The zero-order chi connectivity index (χ0) is 16.8. The van der Waals surface area contributed by atoms with E-state index in [1.165, 1.54) is 0 Å². The highest BCUT2D eigenvalue weighted by atomic mass is 16.5. The Morgan fingerprint density at radius 2 is 2.09 bits per heavy atom. The highest BCUT2D eigenvalue weighted by Gasteiger charge is 2.24. The molecular formula is C18H25NO4. The summed E-state index contributed by atoms with van der Waals surface area (Å²) in [6, 6.07) is 7.05. The van der Waals surface area contributed by atoms with Gasteiger partial charge in [-0.2, -0.15) is 0 Å². The van der Waals surface area contributed by atoms with Crippen LogP contribution in [0, 0.1) is 6.92 Å². The van der Waals surface area contributed by atoms with Crippen LogP contribution in [0.2, 0.25) is 0 Å². The van der Waals surface area contributed by atoms with Gasteiger partial charge in [0.25, 0.3) is 0 Å². The zero-order valence-corrected chi connectivity index (χ0v) is 13.7. The van der Waals surface area contributed by atoms with Gasteiger partial charge in [-0.05, 0) is 44.2 Å². The third-order valence-electron chi connectivity index (χ3n) is 4.29. The molecule has 1 fully saturated rings. The molecule has 126 valence electrons. The van der Waals surface area contributed by atoms with Crippen molar-refractivity contribution in [2.24, 2.45) is 0 Å². The molecule has 1 heterocycles. The van der Waals surface area contributed by atoms with Gasteiger partial charge in [0, 0.05) is 6.42 Å². The first-order chi connectivity index (χ1) is 11.0. The molecule has 2 rings (SSSR count). The summed E-state index contributed by atoms with van der Waals surface area (Å²) in [7, 11) is 0. The van der Waals surface area contributed by atoms with Gasteiger partial charge in [-0.3, -0.25) is 9.59 Å². The fraction of sp³-hybridized carbons (Fsp3) is 0.556. The first kappa shape index (κ1) is 17.5. The SMILES string of the molecule is Cc1ccccc1C(CC(=O)O)NC(=O)CCC1CCC(C)O1. The molecule has 3 unspecified atom stereocenters. The Labute approximate surface area is 137 Å². The van der Waals surface area contributed by atoms with E-state index in [0.29, 0.717) is 12.8 Å². The zero-order valence-electron chi connectivity index (χ0n) is 13.7. The number of carbonyl (C=O) groups is 2. The van der Waals surface area contributed by atoms with Gasteiger partial charge in [-0.1, -0.05) is 24.3 Å². The summed E-state index contributed by atoms with van der Waals surface area (Å²) in [4.78, 5) is 23.3. The highest BCUT2D eigenvalue weighted by Crippen LogP contribution is 2.24. The van der Waals surface area contributed by atoms with Crippen LogP contribution >= 0.6 is 0 Å². The van der Waals surface area contributed by atoms with Crippen LogP contribution in [-0.4, -0.2) is 29.2 Å². The molecule has 1 amide bonds. The van der Waals surface area contributed by atoms with E-state index < -0.39 is 12.0 Å². The summed E-state index contributed by atoms with van der Waals surface area (Å²) in [5.74, 6) is -1.05. The van der Waals surface area contributed by atoms with Crippen LogP contribution in [0.4, 0.5) is 0 Å². The molecule has 1 aliphatic heterocycles. The summed E-state index contributed by atoms with van der Waals surface area (Å²) >= 11 is 0. The van der Waals surface area contributed by atoms with Crippen LogP contribution in [0.25, 0.3) is 0 Å². The highest BCUT2D eigenvalue weighted by molar-refractivity contribution is 5.77. The fourth-order valence-electron chi connectivity index (χ4n) is 3.05. The monoisotopic (exact) mass is 319 g/mol. The van der Waals surface area contributed by atoms with Crippen molar-refractivity contribution >= 4 is 11.9 Å². The van der Waals surface area contributed by atoms with E-state index >= 15 is 0 Å². The van der Waals surface area contributed by atoms with Crippen molar-refractivity contribution in [3.8, 4) is 0 Å². The number of benzene rings is 1. The number of hydrogen-bond acceptors (Lipinski definition) is 3. The lowest BCUT2D eigenvalue weighted by molar-refractivity contribution is -0.137. The first-order valence-electron chi connectivity index (χ1n) is 8.18. The number of carboxylic acid groups (broad SMARTS) is 1. The van der Waals surface area contributed by atoms with Crippen molar-refractivity contribution in [1.29, 1.82) is 0 Å². The molecule has 23 heavy (non-hydrogen) atoms. The lowest BCUT2D eigenvalue weighted by Gasteiger charge is -2.20. The predicted molar refractivity (Wildman–Crippen MR) is 87.1 cm³/mol. The van der Waals surface area contributed by atoms with Crippen molar-refractivity contribution in [3.05, 3.63) is 35.4 Å². The number of nitrogens with one attached hydrogen (secondary N) is 1. The average Bonchev–Trinajstić information content (AvgIpc) is 2.90. The van der Waals surface area contributed by atoms with E-state index in [1.807, 2.05) is 38.1 Å². The molecule has 0 bridgehead atoms. The number of amides is 1. The Morgan fingerprint density at radius 3 is 2.70 bits per heavy atom. The van der Waals surface area contributed by atoms with Crippen molar-refractivity contribution in [2.45, 2.75) is 64.2 Å². The molecule has 5 nitrogen and oxygen atoms in total. The smallest absolute Gasteiger partial charge is 0.305 e. The summed E-state index contributed by atoms with van der Waals surface area (Å²) in [6.07, 6.45) is 3.38. The molecule has 0 aromatic heterocycles. The van der Waals surface area contributed by atoms with E-state index in [9.17, 15) is 9.59 Å². The number of ether oxygens (including phenoxy) is 1. The van der Waals surface area contributed by atoms with Crippen molar-refractivity contribution in [2.75, 3.05) is 0 Å². The summed E-state index contributed by atoms with van der Waals surface area (Å²) in [5, 5.41) is 12.0. The summed E-state index contributed by atoms with van der Waals surface area (Å²) < 4.78 is 5.71. The largest absolute Gasteiger partial charge is 0.481 e. The van der Waals surface area contributed by atoms with Gasteiger partial charge in [0.05, 0.1) is 24.7 Å². The second-order valence-corrected chi connectivity index (χ2v) is 6.26. The van der Waals surface area contributed by atoms with Gasteiger partial charge in [0.2, 0.25) is 5.91 Å². The number of carboxylic acids is 1. The van der Waals surface area contributed by atoms with E-state index in [-0.39, 0.29) is 24.5 Å². The van der Waals surface area contributed by atoms with E-state index in [0.717, 1.165) is 24.0 Å². The van der Waals surface area contributed by atoms with Crippen molar-refractivity contribution < 1.29 is 19.4 Å². The molecule has 0 radical (unpaired) electrons. The number of hydrogen-bond donors (Lipinski definition) is 2. The third-order valence-corrected chi connectivity index (χ3v) is 4.29. The minimum Gasteiger partial charge on any atom is -0.481 e. The van der Waals surface area contributed by atoms with Crippen LogP contribution in [0.3, 0.4) is 0 Å². The van der Waals surface area contributed by atoms with Crippen LogP contribution in [-0.2, 0) is 14.3 Å². The van der Waals surface area contributed by atoms with Gasteiger partial charge in [0.1, 0.15) is 0 Å². The molecule has 0 saturated carbocycles. The molecule has 1 saturated heterocycles. The Kier molecular flexibility index (Phi) is 6.16. The van der Waals surface area contributed by atoms with Crippen LogP contribution in [0.1, 0.15) is 56.2 Å². The molecule has 1 aliphatic rings. The second-order valence-electron chi connectivity index (χ2n) is 6.26. The normalized spacial score (nSPS) is 21.8. The molecule has 1 aromatic rings. The van der Waals surface area contributed by atoms with E-state index in [1.54, 1.807) is 0 Å². The lowest BCUT2D eigenvalue weighted by Crippen LogP contribution is -2.31. The fourth-order valence-corrected chi connectivity index (χ4v) is 3.05. The van der Waals surface area contributed by atoms with Crippen molar-refractivity contribution in [1.82, 2.24) is 5.32 Å².